The molecule has 1 saturated heterocycles. The van der Waals surface area contributed by atoms with E-state index in [1.165, 1.54) is 19.3 Å². The first kappa shape index (κ1) is 16.6. The molecule has 0 spiro atoms. The zero-order valence-electron chi connectivity index (χ0n) is 14.4. The zero-order chi connectivity index (χ0) is 15.7. The van der Waals surface area contributed by atoms with Gasteiger partial charge in [0.05, 0.1) is 0 Å². The van der Waals surface area contributed by atoms with Crippen molar-refractivity contribution in [1.29, 1.82) is 0 Å². The van der Waals surface area contributed by atoms with Crippen molar-refractivity contribution >= 4 is 6.09 Å². The van der Waals surface area contributed by atoms with Crippen molar-refractivity contribution in [3.63, 3.8) is 0 Å². The summed E-state index contributed by atoms with van der Waals surface area (Å²) in [6.07, 6.45) is 4.86. The minimum atomic E-state index is -0.401. The molecule has 0 aromatic carbocycles. The predicted molar refractivity (Wildman–Crippen MR) is 85.3 cm³/mol. The van der Waals surface area contributed by atoms with Gasteiger partial charge in [-0.25, -0.2) is 4.79 Å². The summed E-state index contributed by atoms with van der Waals surface area (Å²) in [5.74, 6) is 0.564. The maximum atomic E-state index is 12.1. The van der Waals surface area contributed by atoms with Crippen molar-refractivity contribution in [2.75, 3.05) is 19.6 Å². The van der Waals surface area contributed by atoms with E-state index in [0.717, 1.165) is 26.1 Å². The zero-order valence-corrected chi connectivity index (χ0v) is 14.4. The molecule has 1 aliphatic carbocycles. The first-order valence-electron chi connectivity index (χ1n) is 8.39. The van der Waals surface area contributed by atoms with Gasteiger partial charge in [0.25, 0.3) is 0 Å². The van der Waals surface area contributed by atoms with E-state index in [1.807, 2.05) is 25.7 Å². The van der Waals surface area contributed by atoms with Gasteiger partial charge in [-0.15, -0.1) is 0 Å². The molecule has 2 atom stereocenters. The van der Waals surface area contributed by atoms with E-state index in [-0.39, 0.29) is 6.09 Å². The fourth-order valence-electron chi connectivity index (χ4n) is 3.51. The molecule has 1 aliphatic heterocycles. The van der Waals surface area contributed by atoms with Crippen LogP contribution in [0.25, 0.3) is 0 Å². The maximum absolute atomic E-state index is 12.1. The summed E-state index contributed by atoms with van der Waals surface area (Å²) >= 11 is 0. The highest BCUT2D eigenvalue weighted by Crippen LogP contribution is 2.37. The molecular weight excluding hydrogens is 264 g/mol. The van der Waals surface area contributed by atoms with Gasteiger partial charge in [0, 0.05) is 19.1 Å². The molecule has 0 aromatic heterocycles. The van der Waals surface area contributed by atoms with Gasteiger partial charge in [-0.05, 0) is 57.9 Å². The lowest BCUT2D eigenvalue weighted by Crippen LogP contribution is -2.41. The normalized spacial score (nSPS) is 28.9. The predicted octanol–water partition coefficient (Wildman–Crippen LogP) is 3.41. The van der Waals surface area contributed by atoms with Crippen molar-refractivity contribution < 1.29 is 9.53 Å². The molecular formula is C17H32N2O2. The van der Waals surface area contributed by atoms with Crippen molar-refractivity contribution in [3.8, 4) is 0 Å². The third kappa shape index (κ3) is 4.60. The van der Waals surface area contributed by atoms with Crippen LogP contribution >= 0.6 is 0 Å². The third-order valence-corrected chi connectivity index (χ3v) is 4.85. The Morgan fingerprint density at radius 3 is 2.62 bits per heavy atom. The molecule has 1 heterocycles. The highest BCUT2D eigenvalue weighted by Gasteiger charge is 2.35. The van der Waals surface area contributed by atoms with Crippen LogP contribution in [0.3, 0.4) is 0 Å². The molecule has 4 heteroatoms. The van der Waals surface area contributed by atoms with Gasteiger partial charge in [-0.2, -0.15) is 0 Å². The van der Waals surface area contributed by atoms with E-state index in [2.05, 4.69) is 19.2 Å². The lowest BCUT2D eigenvalue weighted by atomic mass is 9.87. The fraction of sp³-hybridized carbons (Fsp3) is 0.941. The van der Waals surface area contributed by atoms with Crippen molar-refractivity contribution in [3.05, 3.63) is 0 Å². The Hall–Kier alpha value is -0.770. The monoisotopic (exact) mass is 296 g/mol. The average molecular weight is 296 g/mol. The van der Waals surface area contributed by atoms with E-state index in [4.69, 9.17) is 4.74 Å². The van der Waals surface area contributed by atoms with Gasteiger partial charge in [-0.3, -0.25) is 0 Å². The van der Waals surface area contributed by atoms with Crippen LogP contribution in [0.1, 0.15) is 60.3 Å². The van der Waals surface area contributed by atoms with E-state index < -0.39 is 5.60 Å². The van der Waals surface area contributed by atoms with Crippen LogP contribution in [-0.4, -0.2) is 42.3 Å². The van der Waals surface area contributed by atoms with Crippen LogP contribution in [0.5, 0.6) is 0 Å². The van der Waals surface area contributed by atoms with Crippen LogP contribution < -0.4 is 5.32 Å². The first-order chi connectivity index (χ1) is 9.67. The second-order valence-corrected chi connectivity index (χ2v) is 8.42. The molecule has 1 saturated carbocycles. The number of rotatable bonds is 3. The van der Waals surface area contributed by atoms with Gasteiger partial charge < -0.3 is 15.0 Å². The van der Waals surface area contributed by atoms with E-state index in [9.17, 15) is 4.79 Å². The van der Waals surface area contributed by atoms with Crippen LogP contribution in [0.4, 0.5) is 4.79 Å². The highest BCUT2D eigenvalue weighted by molar-refractivity contribution is 5.68. The molecule has 2 rings (SSSR count). The largest absolute Gasteiger partial charge is 0.444 e. The van der Waals surface area contributed by atoms with Crippen LogP contribution in [-0.2, 0) is 4.74 Å². The second-order valence-electron chi connectivity index (χ2n) is 8.42. The lowest BCUT2D eigenvalue weighted by molar-refractivity contribution is 0.0288. The Morgan fingerprint density at radius 1 is 1.33 bits per heavy atom. The summed E-state index contributed by atoms with van der Waals surface area (Å²) in [6.45, 7) is 13.2. The molecule has 1 amide bonds. The number of nitrogens with one attached hydrogen (secondary N) is 1. The number of hydrogen-bond donors (Lipinski definition) is 1. The molecule has 0 aromatic rings. The summed E-state index contributed by atoms with van der Waals surface area (Å²) in [5, 5.41) is 3.74. The number of carbonyl (C=O) groups is 1. The minimum Gasteiger partial charge on any atom is -0.444 e. The van der Waals surface area contributed by atoms with Crippen LogP contribution in [0.2, 0.25) is 0 Å². The summed E-state index contributed by atoms with van der Waals surface area (Å²) < 4.78 is 5.45. The minimum absolute atomic E-state index is 0.161. The summed E-state index contributed by atoms with van der Waals surface area (Å²) in [7, 11) is 0. The Bertz CT molecular complexity index is 373. The lowest BCUT2D eigenvalue weighted by Gasteiger charge is -2.29. The number of likely N-dealkylation sites (tertiary alicyclic amines) is 1. The van der Waals surface area contributed by atoms with Gasteiger partial charge in [0.15, 0.2) is 0 Å². The summed E-state index contributed by atoms with van der Waals surface area (Å²) in [5.41, 5.74) is 0.0186. The quantitative estimate of drug-likeness (QED) is 0.867. The number of amides is 1. The summed E-state index contributed by atoms with van der Waals surface area (Å²) in [6, 6.07) is 0.632. The van der Waals surface area contributed by atoms with Crippen LogP contribution in [0.15, 0.2) is 0 Å². The molecule has 4 nitrogen and oxygen atoms in total. The number of nitrogens with zero attached hydrogens (tertiary/aromatic N) is 1. The number of ether oxygens (including phenoxy) is 1. The molecule has 2 aliphatic rings. The Balaban J connectivity index is 1.74. The highest BCUT2D eigenvalue weighted by atomic mass is 16.6. The van der Waals surface area contributed by atoms with Crippen molar-refractivity contribution in [1.82, 2.24) is 10.2 Å². The second kappa shape index (κ2) is 6.15. The molecule has 2 unspecified atom stereocenters. The van der Waals surface area contributed by atoms with Gasteiger partial charge in [0.2, 0.25) is 0 Å². The molecule has 122 valence electrons. The van der Waals surface area contributed by atoms with Gasteiger partial charge >= 0.3 is 6.09 Å². The molecule has 21 heavy (non-hydrogen) atoms. The Labute approximate surface area is 129 Å². The van der Waals surface area contributed by atoms with E-state index in [1.54, 1.807) is 0 Å². The fourth-order valence-corrected chi connectivity index (χ4v) is 3.51. The molecule has 0 radical (unpaired) electrons. The summed E-state index contributed by atoms with van der Waals surface area (Å²) in [4.78, 5) is 13.9. The topological polar surface area (TPSA) is 41.6 Å². The molecule has 2 fully saturated rings. The van der Waals surface area contributed by atoms with Crippen molar-refractivity contribution in [2.24, 2.45) is 11.3 Å². The SMILES string of the molecule is CC(C)(C)OC(=O)N1CCC(CNC2CCCC2(C)C)C1. The van der Waals surface area contributed by atoms with E-state index in [0.29, 0.717) is 17.4 Å². The maximum Gasteiger partial charge on any atom is 0.410 e. The molecule has 0 bridgehead atoms. The third-order valence-electron chi connectivity index (χ3n) is 4.85. The Kier molecular flexibility index (Phi) is 4.86. The van der Waals surface area contributed by atoms with Crippen LogP contribution in [0, 0.1) is 11.3 Å². The average Bonchev–Trinajstić information content (AvgIpc) is 2.90. The van der Waals surface area contributed by atoms with E-state index >= 15 is 0 Å². The van der Waals surface area contributed by atoms with Crippen molar-refractivity contribution in [2.45, 2.75) is 71.9 Å². The Morgan fingerprint density at radius 2 is 2.05 bits per heavy atom. The van der Waals surface area contributed by atoms with Gasteiger partial charge in [-0.1, -0.05) is 20.3 Å². The number of carbonyl (C=O) groups excluding carboxylic acids is 1. The number of hydrogen-bond acceptors (Lipinski definition) is 3. The molecule has 1 N–H and O–H groups in total. The first-order valence-corrected chi connectivity index (χ1v) is 8.39. The standard InChI is InChI=1S/C17H32N2O2/c1-16(2,3)21-15(20)19-10-8-13(12-19)11-18-14-7-6-9-17(14,4)5/h13-14,18H,6-12H2,1-5H3. The smallest absolute Gasteiger partial charge is 0.410 e. The van der Waals surface area contributed by atoms with Gasteiger partial charge in [0.1, 0.15) is 5.60 Å².